The lowest BCUT2D eigenvalue weighted by Crippen LogP contribution is -2.48. The Morgan fingerprint density at radius 2 is 2.04 bits per heavy atom. The summed E-state index contributed by atoms with van der Waals surface area (Å²) < 4.78 is 0.914. The number of rotatable bonds is 1. The Balaban J connectivity index is 2.25. The lowest BCUT2D eigenvalue weighted by Gasteiger charge is -2.45. The maximum atomic E-state index is 9.80. The van der Waals surface area contributed by atoms with Crippen LogP contribution in [0.2, 0.25) is 0 Å². The largest absolute Gasteiger partial charge is 0.305 e. The number of hydrogen-bond acceptors (Lipinski definition) is 5. The molecule has 1 N–H and O–H groups in total. The summed E-state index contributed by atoms with van der Waals surface area (Å²) in [5, 5.41) is 39.5. The molecule has 0 unspecified atom stereocenters. The summed E-state index contributed by atoms with van der Waals surface area (Å²) in [6, 6.07) is 8.29. The van der Waals surface area contributed by atoms with Crippen LogP contribution in [-0.4, -0.2) is 5.71 Å². The number of hydrogen-bond donors (Lipinski definition) is 1. The first-order valence-corrected chi connectivity index (χ1v) is 9.01. The molecule has 0 spiro atoms. The summed E-state index contributed by atoms with van der Waals surface area (Å²) in [5.74, 6) is -1.15. The Hall–Kier alpha value is -1.94. The molecule has 2 aliphatic rings. The summed E-state index contributed by atoms with van der Waals surface area (Å²) in [6.45, 7) is 0. The Morgan fingerprint density at radius 1 is 1.30 bits per heavy atom. The highest BCUT2D eigenvalue weighted by molar-refractivity contribution is 9.10. The van der Waals surface area contributed by atoms with Crippen LogP contribution in [0.5, 0.6) is 0 Å². The molecule has 1 fully saturated rings. The monoisotopic (exact) mass is 384 g/mol. The van der Waals surface area contributed by atoms with E-state index in [9.17, 15) is 15.8 Å². The van der Waals surface area contributed by atoms with Crippen LogP contribution in [0.4, 0.5) is 0 Å². The molecule has 0 aromatic carbocycles. The van der Waals surface area contributed by atoms with Crippen LogP contribution in [0, 0.1) is 56.7 Å². The fraction of sp³-hybridized carbons (Fsp3) is 0.412. The van der Waals surface area contributed by atoms with Crippen LogP contribution in [-0.2, 0) is 0 Å². The Morgan fingerprint density at radius 3 is 2.61 bits per heavy atom. The van der Waals surface area contributed by atoms with Crippen LogP contribution in [0.15, 0.2) is 27.6 Å². The molecule has 1 heterocycles. The third kappa shape index (κ3) is 2.24. The second kappa shape index (κ2) is 5.93. The van der Waals surface area contributed by atoms with Crippen molar-refractivity contribution in [1.29, 1.82) is 21.2 Å². The Bertz CT molecular complexity index is 803. The minimum atomic E-state index is -1.57. The lowest BCUT2D eigenvalue weighted by atomic mass is 9.54. The maximum absolute atomic E-state index is 9.80. The van der Waals surface area contributed by atoms with Gasteiger partial charge in [-0.05, 0) is 52.7 Å². The number of fused-ring (bicyclic) bond motifs is 1. The van der Waals surface area contributed by atoms with E-state index in [4.69, 9.17) is 5.41 Å². The van der Waals surface area contributed by atoms with Crippen molar-refractivity contribution in [3.05, 3.63) is 32.4 Å². The van der Waals surface area contributed by atoms with Crippen molar-refractivity contribution >= 4 is 33.0 Å². The zero-order valence-electron chi connectivity index (χ0n) is 12.2. The minimum absolute atomic E-state index is 0.0210. The molecule has 1 aromatic heterocycles. The number of halogens is 1. The topological polar surface area (TPSA) is 95.2 Å². The van der Waals surface area contributed by atoms with Crippen molar-refractivity contribution in [3.63, 3.8) is 0 Å². The van der Waals surface area contributed by atoms with Crippen molar-refractivity contribution in [2.24, 2.45) is 17.3 Å². The van der Waals surface area contributed by atoms with Crippen molar-refractivity contribution in [2.45, 2.75) is 25.2 Å². The van der Waals surface area contributed by atoms with Gasteiger partial charge in [0.25, 0.3) is 0 Å². The normalized spacial score (nSPS) is 28.7. The van der Waals surface area contributed by atoms with E-state index < -0.39 is 11.3 Å². The summed E-state index contributed by atoms with van der Waals surface area (Å²) in [5.41, 5.74) is -0.701. The third-order valence-corrected chi connectivity index (χ3v) is 6.60. The molecule has 0 bridgehead atoms. The predicted octanol–water partition coefficient (Wildman–Crippen LogP) is 4.53. The molecular weight excluding hydrogens is 372 g/mol. The molecule has 0 amide bonds. The van der Waals surface area contributed by atoms with Gasteiger partial charge in [-0.25, -0.2) is 0 Å². The van der Waals surface area contributed by atoms with E-state index in [1.54, 1.807) is 0 Å². The zero-order chi connectivity index (χ0) is 16.6. The molecule has 6 heteroatoms. The molecule has 3 rings (SSSR count). The van der Waals surface area contributed by atoms with Crippen LogP contribution in [0.25, 0.3) is 0 Å². The molecule has 0 radical (unpaired) electrons. The van der Waals surface area contributed by atoms with Crippen LogP contribution >= 0.6 is 27.3 Å². The first kappa shape index (κ1) is 15.9. The van der Waals surface area contributed by atoms with Gasteiger partial charge in [-0.15, -0.1) is 11.3 Å². The fourth-order valence-corrected chi connectivity index (χ4v) is 5.48. The molecule has 3 atom stereocenters. The molecule has 114 valence electrons. The summed E-state index contributed by atoms with van der Waals surface area (Å²) >= 11 is 4.93. The van der Waals surface area contributed by atoms with Crippen molar-refractivity contribution < 1.29 is 0 Å². The standard InChI is InChI=1S/C17H13BrN4S/c18-10-5-14(23-7-10)15-12-4-2-1-3-11(12)13(6-19)16(22)17(15,8-20)9-21/h3,5,7,12-13,15,22H,1-2,4H2/t12-,13-,15-/m1/s1. The zero-order valence-corrected chi connectivity index (χ0v) is 14.6. The molecule has 4 nitrogen and oxygen atoms in total. The SMILES string of the molecule is N#C[C@H]1C(=N)C(C#N)(C#N)[C@@H](c2cc(Br)cs2)[C@@H]2CCCC=C12. The average molecular weight is 385 g/mol. The Labute approximate surface area is 147 Å². The van der Waals surface area contributed by atoms with Crippen molar-refractivity contribution in [3.8, 4) is 18.2 Å². The van der Waals surface area contributed by atoms with Gasteiger partial charge in [0.1, 0.15) is 5.92 Å². The van der Waals surface area contributed by atoms with Gasteiger partial charge in [-0.3, -0.25) is 0 Å². The van der Waals surface area contributed by atoms with E-state index in [1.165, 1.54) is 11.3 Å². The quantitative estimate of drug-likeness (QED) is 0.720. The number of thiophene rings is 1. The van der Waals surface area contributed by atoms with Gasteiger partial charge in [0.15, 0.2) is 5.41 Å². The second-order valence-corrected chi connectivity index (χ2v) is 7.75. The Kier molecular flexibility index (Phi) is 4.11. The van der Waals surface area contributed by atoms with Crippen LogP contribution in [0.3, 0.4) is 0 Å². The van der Waals surface area contributed by atoms with Crippen molar-refractivity contribution in [2.75, 3.05) is 0 Å². The maximum Gasteiger partial charge on any atom is 0.190 e. The smallest absolute Gasteiger partial charge is 0.190 e. The first-order chi connectivity index (χ1) is 11.1. The first-order valence-electron chi connectivity index (χ1n) is 7.34. The number of allylic oxidation sites excluding steroid dienone is 2. The second-order valence-electron chi connectivity index (χ2n) is 5.89. The lowest BCUT2D eigenvalue weighted by molar-refractivity contribution is 0.324. The van der Waals surface area contributed by atoms with Gasteiger partial charge in [0.2, 0.25) is 0 Å². The number of nitriles is 3. The van der Waals surface area contributed by atoms with Crippen molar-refractivity contribution in [1.82, 2.24) is 0 Å². The van der Waals surface area contributed by atoms with Crippen LogP contribution in [0.1, 0.15) is 30.1 Å². The fourth-order valence-electron chi connectivity index (χ4n) is 3.81. The van der Waals surface area contributed by atoms with Gasteiger partial charge in [0.05, 0.1) is 23.9 Å². The van der Waals surface area contributed by atoms with Gasteiger partial charge < -0.3 is 5.41 Å². The third-order valence-electron chi connectivity index (χ3n) is 4.82. The minimum Gasteiger partial charge on any atom is -0.305 e. The summed E-state index contributed by atoms with van der Waals surface area (Å²) in [4.78, 5) is 0.930. The molecule has 2 aliphatic carbocycles. The molecule has 0 saturated heterocycles. The van der Waals surface area contributed by atoms with Gasteiger partial charge >= 0.3 is 0 Å². The van der Waals surface area contributed by atoms with Gasteiger partial charge in [0, 0.05) is 20.6 Å². The van der Waals surface area contributed by atoms with E-state index in [-0.39, 0.29) is 17.5 Å². The van der Waals surface area contributed by atoms with Gasteiger partial charge in [-0.2, -0.15) is 15.8 Å². The number of nitrogens with one attached hydrogen (secondary N) is 1. The summed E-state index contributed by atoms with van der Waals surface area (Å²) in [6.07, 6.45) is 4.77. The van der Waals surface area contributed by atoms with E-state index in [2.05, 4.69) is 34.1 Å². The van der Waals surface area contributed by atoms with Gasteiger partial charge in [-0.1, -0.05) is 6.08 Å². The molecule has 0 aliphatic heterocycles. The highest BCUT2D eigenvalue weighted by Gasteiger charge is 2.57. The molecule has 1 aromatic rings. The molecular formula is C17H13BrN4S. The van der Waals surface area contributed by atoms with E-state index in [0.717, 1.165) is 34.2 Å². The number of nitrogens with zero attached hydrogens (tertiary/aromatic N) is 3. The molecule has 23 heavy (non-hydrogen) atoms. The highest BCUT2D eigenvalue weighted by Crippen LogP contribution is 2.56. The van der Waals surface area contributed by atoms with E-state index in [1.807, 2.05) is 17.5 Å². The predicted molar refractivity (Wildman–Crippen MR) is 90.7 cm³/mol. The average Bonchev–Trinajstić information content (AvgIpc) is 3.00. The summed E-state index contributed by atoms with van der Waals surface area (Å²) in [7, 11) is 0. The highest BCUT2D eigenvalue weighted by atomic mass is 79.9. The van der Waals surface area contributed by atoms with E-state index >= 15 is 0 Å². The molecule has 1 saturated carbocycles. The van der Waals surface area contributed by atoms with Crippen LogP contribution < -0.4 is 0 Å². The van der Waals surface area contributed by atoms with E-state index in [0.29, 0.717) is 0 Å².